The average molecular weight is 112 g/mol. The highest BCUT2D eigenvalue weighted by molar-refractivity contribution is 4.96. The van der Waals surface area contributed by atoms with E-state index in [1.54, 1.807) is 0 Å². The van der Waals surface area contributed by atoms with Gasteiger partial charge in [-0.25, -0.2) is 0 Å². The first kappa shape index (κ1) is 6.12. The van der Waals surface area contributed by atoms with Crippen LogP contribution in [0, 0.1) is 11.3 Å². The summed E-state index contributed by atoms with van der Waals surface area (Å²) in [7, 11) is 0. The Bertz CT molecular complexity index is 86.0. The molecule has 0 heteroatoms. The molecule has 0 aromatic rings. The third kappa shape index (κ3) is 0.765. The van der Waals surface area contributed by atoms with Gasteiger partial charge in [0, 0.05) is 0 Å². The highest BCUT2D eigenvalue weighted by Crippen LogP contribution is 2.56. The Labute approximate surface area is 52.3 Å². The molecule has 0 N–H and O–H groups in total. The zero-order valence-corrected chi connectivity index (χ0v) is 6.20. The molecular formula is C8H16. The SMILES string of the molecule is CCC1CC1(C)CC. The fourth-order valence-corrected chi connectivity index (χ4v) is 1.57. The largest absolute Gasteiger partial charge is 0.0651 e. The van der Waals surface area contributed by atoms with Crippen molar-refractivity contribution in [2.75, 3.05) is 0 Å². The summed E-state index contributed by atoms with van der Waals surface area (Å²) in [6.07, 6.45) is 4.26. The smallest absolute Gasteiger partial charge is 0.0297 e. The third-order valence-corrected chi connectivity index (χ3v) is 2.84. The van der Waals surface area contributed by atoms with E-state index in [9.17, 15) is 0 Å². The molecule has 1 aliphatic rings. The molecule has 2 unspecified atom stereocenters. The van der Waals surface area contributed by atoms with Crippen molar-refractivity contribution in [3.05, 3.63) is 0 Å². The van der Waals surface area contributed by atoms with Crippen molar-refractivity contribution in [2.24, 2.45) is 11.3 Å². The first-order valence-corrected chi connectivity index (χ1v) is 3.73. The molecule has 0 spiro atoms. The molecule has 2 atom stereocenters. The van der Waals surface area contributed by atoms with Crippen molar-refractivity contribution in [3.63, 3.8) is 0 Å². The molecule has 0 aromatic carbocycles. The summed E-state index contributed by atoms with van der Waals surface area (Å²) in [6, 6.07) is 0. The fourth-order valence-electron chi connectivity index (χ4n) is 1.57. The van der Waals surface area contributed by atoms with E-state index in [0.717, 1.165) is 11.3 Å². The molecule has 1 saturated carbocycles. The van der Waals surface area contributed by atoms with Gasteiger partial charge in [-0.15, -0.1) is 0 Å². The Morgan fingerprint density at radius 1 is 1.50 bits per heavy atom. The Kier molecular flexibility index (Phi) is 1.34. The minimum Gasteiger partial charge on any atom is -0.0651 e. The highest BCUT2D eigenvalue weighted by atomic mass is 14.5. The van der Waals surface area contributed by atoms with Crippen LogP contribution in [0.3, 0.4) is 0 Å². The first-order chi connectivity index (χ1) is 3.73. The van der Waals surface area contributed by atoms with Gasteiger partial charge in [0.05, 0.1) is 0 Å². The van der Waals surface area contributed by atoms with E-state index in [0.29, 0.717) is 0 Å². The van der Waals surface area contributed by atoms with Crippen LogP contribution in [0.25, 0.3) is 0 Å². The molecular weight excluding hydrogens is 96.1 g/mol. The summed E-state index contributed by atoms with van der Waals surface area (Å²) < 4.78 is 0. The van der Waals surface area contributed by atoms with Crippen molar-refractivity contribution in [2.45, 2.75) is 40.0 Å². The normalized spacial score (nSPS) is 44.6. The Hall–Kier alpha value is 0. The van der Waals surface area contributed by atoms with Gasteiger partial charge in [0.25, 0.3) is 0 Å². The van der Waals surface area contributed by atoms with Crippen LogP contribution in [0.1, 0.15) is 40.0 Å². The van der Waals surface area contributed by atoms with E-state index in [1.165, 1.54) is 19.3 Å². The Balaban J connectivity index is 2.31. The molecule has 1 fully saturated rings. The van der Waals surface area contributed by atoms with Gasteiger partial charge in [0.15, 0.2) is 0 Å². The second-order valence-electron chi connectivity index (χ2n) is 3.32. The number of rotatable bonds is 2. The summed E-state index contributed by atoms with van der Waals surface area (Å²) >= 11 is 0. The second-order valence-corrected chi connectivity index (χ2v) is 3.32. The van der Waals surface area contributed by atoms with E-state index in [4.69, 9.17) is 0 Å². The number of hydrogen-bond donors (Lipinski definition) is 0. The summed E-state index contributed by atoms with van der Waals surface area (Å²) in [6.45, 7) is 7.00. The zero-order valence-electron chi connectivity index (χ0n) is 6.20. The van der Waals surface area contributed by atoms with Gasteiger partial charge in [0.1, 0.15) is 0 Å². The lowest BCUT2D eigenvalue weighted by atomic mass is 10.0. The van der Waals surface area contributed by atoms with Gasteiger partial charge in [-0.1, -0.05) is 33.6 Å². The number of hydrogen-bond acceptors (Lipinski definition) is 0. The predicted octanol–water partition coefficient (Wildman–Crippen LogP) is 2.83. The summed E-state index contributed by atoms with van der Waals surface area (Å²) in [5.41, 5.74) is 0.759. The van der Waals surface area contributed by atoms with Crippen molar-refractivity contribution in [1.29, 1.82) is 0 Å². The maximum absolute atomic E-state index is 2.40. The second kappa shape index (κ2) is 1.75. The van der Waals surface area contributed by atoms with Crippen LogP contribution in [0.15, 0.2) is 0 Å². The van der Waals surface area contributed by atoms with Crippen molar-refractivity contribution < 1.29 is 0 Å². The fraction of sp³-hybridized carbons (Fsp3) is 1.00. The standard InChI is InChI=1S/C8H16/c1-4-7-6-8(7,3)5-2/h7H,4-6H2,1-3H3. The maximum atomic E-state index is 2.40. The van der Waals surface area contributed by atoms with Crippen molar-refractivity contribution in [1.82, 2.24) is 0 Å². The van der Waals surface area contributed by atoms with Crippen molar-refractivity contribution >= 4 is 0 Å². The molecule has 0 nitrogen and oxygen atoms in total. The third-order valence-electron chi connectivity index (χ3n) is 2.84. The molecule has 0 amide bonds. The van der Waals surface area contributed by atoms with Gasteiger partial charge >= 0.3 is 0 Å². The quantitative estimate of drug-likeness (QED) is 0.515. The van der Waals surface area contributed by atoms with Crippen molar-refractivity contribution in [3.8, 4) is 0 Å². The lowest BCUT2D eigenvalue weighted by molar-refractivity contribution is 0.478. The van der Waals surface area contributed by atoms with Gasteiger partial charge in [-0.05, 0) is 17.8 Å². The Morgan fingerprint density at radius 3 is 2.25 bits per heavy atom. The van der Waals surface area contributed by atoms with Gasteiger partial charge < -0.3 is 0 Å². The lowest BCUT2D eigenvalue weighted by Gasteiger charge is -2.03. The van der Waals surface area contributed by atoms with E-state index in [-0.39, 0.29) is 0 Å². The summed E-state index contributed by atoms with van der Waals surface area (Å²) in [5.74, 6) is 1.06. The molecule has 0 heterocycles. The van der Waals surface area contributed by atoms with Gasteiger partial charge in [-0.3, -0.25) is 0 Å². The van der Waals surface area contributed by atoms with Crippen LogP contribution in [0.2, 0.25) is 0 Å². The Morgan fingerprint density at radius 2 is 2.12 bits per heavy atom. The zero-order chi connectivity index (χ0) is 6.20. The topological polar surface area (TPSA) is 0 Å². The van der Waals surface area contributed by atoms with Crippen LogP contribution in [-0.2, 0) is 0 Å². The van der Waals surface area contributed by atoms with Gasteiger partial charge in [0.2, 0.25) is 0 Å². The summed E-state index contributed by atoms with van der Waals surface area (Å²) in [4.78, 5) is 0. The van der Waals surface area contributed by atoms with Crippen LogP contribution < -0.4 is 0 Å². The average Bonchev–Trinajstić information content (AvgIpc) is 2.44. The minimum absolute atomic E-state index is 0.759. The van der Waals surface area contributed by atoms with Gasteiger partial charge in [-0.2, -0.15) is 0 Å². The van der Waals surface area contributed by atoms with E-state index >= 15 is 0 Å². The van der Waals surface area contributed by atoms with Crippen LogP contribution in [-0.4, -0.2) is 0 Å². The van der Waals surface area contributed by atoms with Crippen LogP contribution >= 0.6 is 0 Å². The first-order valence-electron chi connectivity index (χ1n) is 3.73. The predicted molar refractivity (Wildman–Crippen MR) is 36.8 cm³/mol. The lowest BCUT2D eigenvalue weighted by Crippen LogP contribution is -1.92. The molecule has 48 valence electrons. The molecule has 0 radical (unpaired) electrons. The highest BCUT2D eigenvalue weighted by Gasteiger charge is 2.46. The van der Waals surface area contributed by atoms with Crippen LogP contribution in [0.4, 0.5) is 0 Å². The monoisotopic (exact) mass is 112 g/mol. The molecule has 0 aromatic heterocycles. The molecule has 0 bridgehead atoms. The minimum atomic E-state index is 0.759. The maximum Gasteiger partial charge on any atom is -0.0297 e. The summed E-state index contributed by atoms with van der Waals surface area (Å²) in [5, 5.41) is 0. The van der Waals surface area contributed by atoms with Crippen LogP contribution in [0.5, 0.6) is 0 Å². The molecule has 8 heavy (non-hydrogen) atoms. The molecule has 0 aliphatic heterocycles. The molecule has 1 aliphatic carbocycles. The molecule has 0 saturated heterocycles. The van der Waals surface area contributed by atoms with E-state index in [1.807, 2.05) is 0 Å². The van der Waals surface area contributed by atoms with E-state index in [2.05, 4.69) is 20.8 Å². The molecule has 1 rings (SSSR count). The van der Waals surface area contributed by atoms with E-state index < -0.39 is 0 Å².